The lowest BCUT2D eigenvalue weighted by atomic mass is 9.87. The molecular formula is C21H19F5O4S. The van der Waals surface area contributed by atoms with Gasteiger partial charge in [0.05, 0.1) is 6.61 Å². The van der Waals surface area contributed by atoms with Gasteiger partial charge in [-0.15, -0.1) is 0 Å². The largest absolute Gasteiger partial charge is 0.457 e. The van der Waals surface area contributed by atoms with Crippen molar-refractivity contribution in [3.63, 3.8) is 0 Å². The van der Waals surface area contributed by atoms with Gasteiger partial charge in [-0.3, -0.25) is 9.59 Å². The Hall–Kier alpha value is -2.46. The molecule has 0 bridgehead atoms. The summed E-state index contributed by atoms with van der Waals surface area (Å²) in [5.41, 5.74) is -0.216. The van der Waals surface area contributed by atoms with Crippen LogP contribution in [0.5, 0.6) is 0 Å². The van der Waals surface area contributed by atoms with Crippen molar-refractivity contribution in [1.29, 1.82) is 0 Å². The fourth-order valence-corrected chi connectivity index (χ4v) is 3.10. The smallest absolute Gasteiger partial charge is 0.322 e. The Morgan fingerprint density at radius 3 is 1.94 bits per heavy atom. The van der Waals surface area contributed by atoms with Gasteiger partial charge in [0, 0.05) is 12.0 Å². The van der Waals surface area contributed by atoms with E-state index in [1.54, 1.807) is 19.1 Å². The predicted octanol–water partition coefficient (Wildman–Crippen LogP) is 5.61. The van der Waals surface area contributed by atoms with Gasteiger partial charge in [-0.1, -0.05) is 29.8 Å². The minimum Gasteiger partial charge on any atom is -0.457 e. The fourth-order valence-electron chi connectivity index (χ4n) is 2.36. The van der Waals surface area contributed by atoms with Crippen LogP contribution in [0.3, 0.4) is 0 Å². The molecule has 2 aromatic carbocycles. The second-order valence-electron chi connectivity index (χ2n) is 7.09. The Bertz CT molecular complexity index is 967. The summed E-state index contributed by atoms with van der Waals surface area (Å²) >= 11 is -0.167. The van der Waals surface area contributed by atoms with E-state index >= 15 is 0 Å². The van der Waals surface area contributed by atoms with E-state index in [1.165, 1.54) is 6.92 Å². The number of Topliss-reactive ketones (excluding diaryl/α,β-unsaturated/α-hetero) is 1. The quantitative estimate of drug-likeness (QED) is 0.127. The van der Waals surface area contributed by atoms with E-state index in [2.05, 4.69) is 0 Å². The lowest BCUT2D eigenvalue weighted by molar-refractivity contribution is -0.165. The molecule has 0 radical (unpaired) electrons. The number of carbonyl (C=O) groups excluding carboxylic acids is 2. The highest BCUT2D eigenvalue weighted by Gasteiger charge is 2.42. The number of aryl methyl sites for hydroxylation is 1. The molecule has 0 amide bonds. The summed E-state index contributed by atoms with van der Waals surface area (Å²) in [6, 6.07) is 7.11. The van der Waals surface area contributed by atoms with E-state index in [0.29, 0.717) is 5.56 Å². The molecule has 0 saturated heterocycles. The van der Waals surface area contributed by atoms with Crippen molar-refractivity contribution in [3.8, 4) is 0 Å². The summed E-state index contributed by atoms with van der Waals surface area (Å²) in [5, 5.41) is 0. The van der Waals surface area contributed by atoms with Gasteiger partial charge in [-0.05, 0) is 33.3 Å². The van der Waals surface area contributed by atoms with E-state index < -0.39 is 63.9 Å². The van der Waals surface area contributed by atoms with Crippen LogP contribution in [0.4, 0.5) is 22.0 Å². The highest BCUT2D eigenvalue weighted by Crippen LogP contribution is 2.34. The minimum atomic E-state index is -2.30. The van der Waals surface area contributed by atoms with Crippen LogP contribution in [0.1, 0.15) is 38.0 Å². The average Bonchev–Trinajstić information content (AvgIpc) is 2.73. The summed E-state index contributed by atoms with van der Waals surface area (Å²) in [5.74, 6) is -12.4. The number of ketones is 1. The number of hydrogen-bond acceptors (Lipinski definition) is 5. The third kappa shape index (κ3) is 5.24. The topological polar surface area (TPSA) is 52.6 Å². The summed E-state index contributed by atoms with van der Waals surface area (Å²) in [6.07, 6.45) is -0.713. The van der Waals surface area contributed by atoms with Crippen molar-refractivity contribution in [1.82, 2.24) is 0 Å². The fraction of sp³-hybridized carbons (Fsp3) is 0.333. The van der Waals surface area contributed by atoms with Crippen molar-refractivity contribution in [2.45, 2.75) is 38.7 Å². The predicted molar refractivity (Wildman–Crippen MR) is 103 cm³/mol. The Morgan fingerprint density at radius 2 is 1.45 bits per heavy atom. The normalized spacial score (nSPS) is 14.1. The van der Waals surface area contributed by atoms with Gasteiger partial charge in [-0.2, -0.15) is 0 Å². The zero-order chi connectivity index (χ0) is 23.5. The Morgan fingerprint density at radius 1 is 0.968 bits per heavy atom. The number of carbonyl (C=O) groups is 2. The van der Waals surface area contributed by atoms with Crippen molar-refractivity contribution in [2.75, 3.05) is 6.61 Å². The van der Waals surface area contributed by atoms with Gasteiger partial charge in [0.2, 0.25) is 5.82 Å². The van der Waals surface area contributed by atoms with Gasteiger partial charge >= 0.3 is 5.97 Å². The highest BCUT2D eigenvalue weighted by molar-refractivity contribution is 7.94. The average molecular weight is 462 g/mol. The zero-order valence-corrected chi connectivity index (χ0v) is 17.8. The third-order valence-electron chi connectivity index (χ3n) is 4.72. The molecule has 2 unspecified atom stereocenters. The molecule has 0 saturated carbocycles. The van der Waals surface area contributed by atoms with Crippen molar-refractivity contribution >= 4 is 23.8 Å². The molecule has 0 aromatic heterocycles. The number of benzene rings is 2. The maximum atomic E-state index is 13.7. The molecule has 0 aliphatic heterocycles. The number of rotatable bonds is 8. The highest BCUT2D eigenvalue weighted by atomic mass is 32.2. The van der Waals surface area contributed by atoms with Crippen LogP contribution < -0.4 is 0 Å². The molecule has 0 aliphatic carbocycles. The molecule has 0 heterocycles. The lowest BCUT2D eigenvalue weighted by Gasteiger charge is -2.26. The monoisotopic (exact) mass is 462 g/mol. The van der Waals surface area contributed by atoms with Gasteiger partial charge < -0.3 is 8.92 Å². The number of esters is 1. The number of hydrogen-bond donors (Lipinski definition) is 0. The van der Waals surface area contributed by atoms with Crippen LogP contribution in [0, 0.1) is 41.4 Å². The maximum absolute atomic E-state index is 13.7. The molecule has 10 heteroatoms. The first kappa shape index (κ1) is 24.8. The Labute approximate surface area is 179 Å². The molecule has 0 spiro atoms. The third-order valence-corrected chi connectivity index (χ3v) is 5.48. The Balaban J connectivity index is 2.14. The summed E-state index contributed by atoms with van der Waals surface area (Å²) in [4.78, 5) is 23.4. The molecular weight excluding hydrogens is 443 g/mol. The zero-order valence-electron chi connectivity index (χ0n) is 17.0. The van der Waals surface area contributed by atoms with Crippen molar-refractivity contribution < 1.29 is 40.5 Å². The van der Waals surface area contributed by atoms with Crippen LogP contribution in [-0.2, 0) is 18.5 Å². The first-order chi connectivity index (χ1) is 14.4. The molecule has 2 rings (SSSR count). The van der Waals surface area contributed by atoms with Gasteiger partial charge in [-0.25, -0.2) is 22.0 Å². The second kappa shape index (κ2) is 9.78. The SMILES string of the molecule is CC(=O)C(C)(COSc1c(F)c(F)c(F)c(F)c1F)C(=O)OC(C)c1ccc(C)cc1. The summed E-state index contributed by atoms with van der Waals surface area (Å²) < 4.78 is 77.5. The number of ether oxygens (including phenoxy) is 1. The van der Waals surface area contributed by atoms with Gasteiger partial charge in [0.25, 0.3) is 0 Å². The number of halogens is 5. The van der Waals surface area contributed by atoms with Crippen LogP contribution >= 0.6 is 12.0 Å². The summed E-state index contributed by atoms with van der Waals surface area (Å²) in [6.45, 7) is 5.02. The van der Waals surface area contributed by atoms with Crippen LogP contribution in [-0.4, -0.2) is 18.4 Å². The van der Waals surface area contributed by atoms with Crippen LogP contribution in [0.2, 0.25) is 0 Å². The second-order valence-corrected chi connectivity index (χ2v) is 7.90. The van der Waals surface area contributed by atoms with E-state index in [0.717, 1.165) is 12.5 Å². The molecule has 31 heavy (non-hydrogen) atoms. The van der Waals surface area contributed by atoms with Crippen molar-refractivity contribution in [2.24, 2.45) is 5.41 Å². The molecule has 2 aromatic rings. The molecule has 2 atom stereocenters. The molecule has 168 valence electrons. The first-order valence-corrected chi connectivity index (χ1v) is 9.73. The molecule has 4 nitrogen and oxygen atoms in total. The van der Waals surface area contributed by atoms with Gasteiger partial charge in [0.15, 0.2) is 23.3 Å². The van der Waals surface area contributed by atoms with Gasteiger partial charge in [0.1, 0.15) is 22.2 Å². The van der Waals surface area contributed by atoms with Crippen LogP contribution in [0.15, 0.2) is 29.2 Å². The first-order valence-electron chi connectivity index (χ1n) is 8.99. The Kier molecular flexibility index (Phi) is 7.82. The van der Waals surface area contributed by atoms with E-state index in [9.17, 15) is 31.5 Å². The maximum Gasteiger partial charge on any atom is 0.322 e. The standard InChI is InChI=1S/C21H19F5O4S/c1-10-5-7-13(8-6-10)11(2)30-20(28)21(4,12(3)27)9-29-31-19-17(25)15(23)14(22)16(24)18(19)26/h5-8,11H,9H2,1-4H3. The minimum absolute atomic E-state index is 0.167. The lowest BCUT2D eigenvalue weighted by Crippen LogP contribution is -2.40. The molecule has 0 aliphatic rings. The molecule has 0 fully saturated rings. The van der Waals surface area contributed by atoms with Crippen molar-refractivity contribution in [3.05, 3.63) is 64.5 Å². The summed E-state index contributed by atoms with van der Waals surface area (Å²) in [7, 11) is 0. The van der Waals surface area contributed by atoms with Crippen LogP contribution in [0.25, 0.3) is 0 Å². The van der Waals surface area contributed by atoms with E-state index in [-0.39, 0.29) is 12.0 Å². The van der Waals surface area contributed by atoms with E-state index in [4.69, 9.17) is 8.92 Å². The van der Waals surface area contributed by atoms with E-state index in [1.807, 2.05) is 19.1 Å². The molecule has 0 N–H and O–H groups in total.